The predicted octanol–water partition coefficient (Wildman–Crippen LogP) is 0.671. The lowest BCUT2D eigenvalue weighted by Crippen LogP contribution is -2.19. The van der Waals surface area contributed by atoms with Crippen LogP contribution in [0, 0.1) is 0 Å². The molecule has 0 saturated heterocycles. The van der Waals surface area contributed by atoms with Gasteiger partial charge in [0.1, 0.15) is 5.52 Å². The molecule has 3 rings (SSSR count). The van der Waals surface area contributed by atoms with Crippen molar-refractivity contribution in [2.45, 2.75) is 31.4 Å². The summed E-state index contributed by atoms with van der Waals surface area (Å²) in [7, 11) is -2.00. The molecule has 0 radical (unpaired) electrons. The molecule has 0 aromatic carbocycles. The van der Waals surface area contributed by atoms with E-state index in [0.29, 0.717) is 17.0 Å². The number of imidazole rings is 1. The number of nitrogens with one attached hydrogen (secondary N) is 2. The van der Waals surface area contributed by atoms with Crippen molar-refractivity contribution in [1.29, 1.82) is 0 Å². The van der Waals surface area contributed by atoms with Crippen LogP contribution in [-0.2, 0) is 14.9 Å². The van der Waals surface area contributed by atoms with Gasteiger partial charge in [-0.1, -0.05) is 0 Å². The number of nitrogens with zero attached hydrogens (tertiary/aromatic N) is 3. The van der Waals surface area contributed by atoms with Crippen molar-refractivity contribution < 1.29 is 17.3 Å². The van der Waals surface area contributed by atoms with Crippen molar-refractivity contribution in [3.05, 3.63) is 6.33 Å². The van der Waals surface area contributed by atoms with E-state index in [1.165, 1.54) is 6.33 Å². The zero-order chi connectivity index (χ0) is 15.7. The zero-order valence-electron chi connectivity index (χ0n) is 12.2. The van der Waals surface area contributed by atoms with Gasteiger partial charge in [0.05, 0.1) is 18.7 Å². The Balaban J connectivity index is 1.89. The highest BCUT2D eigenvalue weighted by Crippen LogP contribution is 2.27. The topological polar surface area (TPSA) is 119 Å². The predicted molar refractivity (Wildman–Crippen MR) is 79.2 cm³/mol. The smallest absolute Gasteiger partial charge is 0.337 e. The maximum Gasteiger partial charge on any atom is 0.337 e. The number of anilines is 1. The fourth-order valence-electron chi connectivity index (χ4n) is 2.57. The number of fused-ring (bicyclic) bond motifs is 1. The lowest BCUT2D eigenvalue weighted by molar-refractivity contribution is 0.108. The first-order valence-electron chi connectivity index (χ1n) is 6.84. The second-order valence-electron chi connectivity index (χ2n) is 5.26. The molecule has 2 unspecified atom stereocenters. The third kappa shape index (κ3) is 3.28. The molecule has 1 saturated carbocycles. The Morgan fingerprint density at radius 1 is 1.36 bits per heavy atom. The molecule has 2 aromatic heterocycles. The molecule has 22 heavy (non-hydrogen) atoms. The molecule has 2 atom stereocenters. The van der Waals surface area contributed by atoms with Gasteiger partial charge in [-0.2, -0.15) is 18.4 Å². The van der Waals surface area contributed by atoms with Gasteiger partial charge in [0.25, 0.3) is 0 Å². The first-order chi connectivity index (χ1) is 10.4. The number of ether oxygens (including phenoxy) is 1. The Bertz CT molecular complexity index is 775. The van der Waals surface area contributed by atoms with Crippen LogP contribution >= 0.6 is 0 Å². The van der Waals surface area contributed by atoms with Crippen LogP contribution in [0.25, 0.3) is 11.2 Å². The molecule has 1 aliphatic carbocycles. The van der Waals surface area contributed by atoms with Crippen molar-refractivity contribution in [2.75, 3.05) is 18.7 Å². The van der Waals surface area contributed by atoms with Crippen LogP contribution in [0.4, 0.5) is 5.82 Å². The summed E-state index contributed by atoms with van der Waals surface area (Å²) in [6.45, 7) is 0. The van der Waals surface area contributed by atoms with Crippen molar-refractivity contribution in [2.24, 2.45) is 0 Å². The van der Waals surface area contributed by atoms with E-state index in [2.05, 4.69) is 25.3 Å². The largest absolute Gasteiger partial charge is 0.381 e. The van der Waals surface area contributed by atoms with Gasteiger partial charge in [-0.15, -0.1) is 0 Å². The highest BCUT2D eigenvalue weighted by Gasteiger charge is 2.26. The molecule has 2 aromatic rings. The Labute approximate surface area is 127 Å². The minimum absolute atomic E-state index is 0.192. The second-order valence-corrected chi connectivity index (χ2v) is 6.83. The SMILES string of the molecule is COC1CCC(Nc2nc(OS(C)(=O)=O)nc3nc[nH]c23)C1. The monoisotopic (exact) mass is 327 g/mol. The number of hydrogen-bond donors (Lipinski definition) is 2. The Hall–Kier alpha value is -1.94. The van der Waals surface area contributed by atoms with Gasteiger partial charge < -0.3 is 19.2 Å². The molecule has 0 amide bonds. The number of methoxy groups -OCH3 is 1. The number of rotatable bonds is 5. The summed E-state index contributed by atoms with van der Waals surface area (Å²) in [5, 5.41) is 3.28. The summed E-state index contributed by atoms with van der Waals surface area (Å²) in [5.74, 6) is 0.475. The van der Waals surface area contributed by atoms with Crippen LogP contribution in [0.2, 0.25) is 0 Å². The van der Waals surface area contributed by atoms with Gasteiger partial charge in [0, 0.05) is 13.2 Å². The van der Waals surface area contributed by atoms with E-state index in [-0.39, 0.29) is 18.2 Å². The summed E-state index contributed by atoms with van der Waals surface area (Å²) in [6, 6.07) is -0.0525. The van der Waals surface area contributed by atoms with Gasteiger partial charge in [-0.05, 0) is 19.3 Å². The fraction of sp³-hybridized carbons (Fsp3) is 0.583. The van der Waals surface area contributed by atoms with Crippen LogP contribution in [-0.4, -0.2) is 53.9 Å². The lowest BCUT2D eigenvalue weighted by atomic mass is 10.2. The van der Waals surface area contributed by atoms with E-state index < -0.39 is 10.1 Å². The molecule has 120 valence electrons. The Kier molecular flexibility index (Phi) is 3.87. The van der Waals surface area contributed by atoms with Crippen LogP contribution in [0.5, 0.6) is 6.01 Å². The molecule has 0 aliphatic heterocycles. The highest BCUT2D eigenvalue weighted by molar-refractivity contribution is 7.86. The molecule has 0 spiro atoms. The van der Waals surface area contributed by atoms with Gasteiger partial charge in [-0.3, -0.25) is 0 Å². The first-order valence-corrected chi connectivity index (χ1v) is 8.66. The summed E-state index contributed by atoms with van der Waals surface area (Å²) < 4.78 is 32.6. The molecule has 0 bridgehead atoms. The minimum atomic E-state index is -3.70. The van der Waals surface area contributed by atoms with E-state index in [1.807, 2.05) is 0 Å². The Morgan fingerprint density at radius 2 is 2.18 bits per heavy atom. The van der Waals surface area contributed by atoms with E-state index >= 15 is 0 Å². The summed E-state index contributed by atoms with van der Waals surface area (Å²) in [6.07, 6.45) is 5.42. The average Bonchev–Trinajstić information content (AvgIpc) is 3.05. The Morgan fingerprint density at radius 3 is 2.86 bits per heavy atom. The van der Waals surface area contributed by atoms with E-state index in [9.17, 15) is 8.42 Å². The van der Waals surface area contributed by atoms with Crippen LogP contribution in [0.1, 0.15) is 19.3 Å². The van der Waals surface area contributed by atoms with E-state index in [0.717, 1.165) is 25.5 Å². The average molecular weight is 327 g/mol. The molecule has 2 heterocycles. The lowest BCUT2D eigenvalue weighted by Gasteiger charge is -2.14. The molecule has 10 heteroatoms. The zero-order valence-corrected chi connectivity index (χ0v) is 13.1. The van der Waals surface area contributed by atoms with E-state index in [4.69, 9.17) is 8.92 Å². The number of hydrogen-bond acceptors (Lipinski definition) is 8. The fourth-order valence-corrected chi connectivity index (χ4v) is 2.91. The molecular weight excluding hydrogens is 310 g/mol. The van der Waals surface area contributed by atoms with Crippen molar-refractivity contribution in [1.82, 2.24) is 19.9 Å². The van der Waals surface area contributed by atoms with Gasteiger partial charge in [0.15, 0.2) is 11.5 Å². The van der Waals surface area contributed by atoms with E-state index in [1.54, 1.807) is 7.11 Å². The maximum absolute atomic E-state index is 11.2. The van der Waals surface area contributed by atoms with Crippen LogP contribution < -0.4 is 9.50 Å². The molecular formula is C12H17N5O4S. The molecule has 2 N–H and O–H groups in total. The van der Waals surface area contributed by atoms with Crippen LogP contribution in [0.3, 0.4) is 0 Å². The third-order valence-corrected chi connectivity index (χ3v) is 4.00. The highest BCUT2D eigenvalue weighted by atomic mass is 32.2. The van der Waals surface area contributed by atoms with Gasteiger partial charge >= 0.3 is 16.1 Å². The van der Waals surface area contributed by atoms with Crippen LogP contribution in [0.15, 0.2) is 6.33 Å². The van der Waals surface area contributed by atoms with Gasteiger partial charge in [-0.25, -0.2) is 4.98 Å². The molecule has 1 aliphatic rings. The number of H-pyrrole nitrogens is 1. The second kappa shape index (κ2) is 5.69. The normalized spacial score (nSPS) is 22.1. The number of aromatic nitrogens is 4. The van der Waals surface area contributed by atoms with Crippen molar-refractivity contribution in [3.63, 3.8) is 0 Å². The summed E-state index contributed by atoms with van der Waals surface area (Å²) in [5.41, 5.74) is 0.958. The molecule has 9 nitrogen and oxygen atoms in total. The maximum atomic E-state index is 11.2. The van der Waals surface area contributed by atoms with Crippen molar-refractivity contribution in [3.8, 4) is 6.01 Å². The van der Waals surface area contributed by atoms with Gasteiger partial charge in [0.2, 0.25) is 0 Å². The summed E-state index contributed by atoms with van der Waals surface area (Å²) >= 11 is 0. The standard InChI is InChI=1S/C12H17N5O4S/c1-20-8-4-3-7(5-8)15-11-9-10(14-6-13-9)16-12(17-11)21-22(2,18)19/h6-8H,3-5H2,1-2H3,(H2,13,14,15,16,17). The van der Waals surface area contributed by atoms with Crippen molar-refractivity contribution >= 4 is 27.1 Å². The summed E-state index contributed by atoms with van der Waals surface area (Å²) in [4.78, 5) is 15.1. The minimum Gasteiger partial charge on any atom is -0.381 e. The first kappa shape index (κ1) is 15.0. The quantitative estimate of drug-likeness (QED) is 0.769. The molecule has 1 fully saturated rings. The number of aromatic amines is 1. The third-order valence-electron chi connectivity index (χ3n) is 3.55.